The summed E-state index contributed by atoms with van der Waals surface area (Å²) in [7, 11) is -2.72. The van der Waals surface area contributed by atoms with Crippen LogP contribution in [0.25, 0.3) is 0 Å². The van der Waals surface area contributed by atoms with E-state index in [0.717, 1.165) is 27.4 Å². The van der Waals surface area contributed by atoms with Crippen molar-refractivity contribution in [3.8, 4) is 5.75 Å². The van der Waals surface area contributed by atoms with Crippen molar-refractivity contribution in [3.05, 3.63) is 89.5 Å². The van der Waals surface area contributed by atoms with Gasteiger partial charge in [-0.15, -0.1) is 0 Å². The van der Waals surface area contributed by atoms with Crippen LogP contribution < -0.4 is 14.4 Å². The molecule has 0 spiro atoms. The van der Waals surface area contributed by atoms with Gasteiger partial charge in [-0.25, -0.2) is 8.42 Å². The SMILES string of the molecule is CCCNC(=O)[C@@H](CC)N(CCc1ccccc1)C(=O)CN(c1cc(C)ccc1OC)S(=O)(=O)c1ccc(C)cc1. The first-order chi connectivity index (χ1) is 19.6. The molecule has 1 atom stereocenters. The number of carbonyl (C=O) groups excluding carboxylic acids is 2. The smallest absolute Gasteiger partial charge is 0.264 e. The minimum atomic E-state index is -4.18. The van der Waals surface area contributed by atoms with E-state index < -0.39 is 28.5 Å². The van der Waals surface area contributed by atoms with Crippen molar-refractivity contribution in [2.24, 2.45) is 0 Å². The minimum absolute atomic E-state index is 0.0584. The van der Waals surface area contributed by atoms with Crippen molar-refractivity contribution >= 4 is 27.5 Å². The molecule has 0 saturated heterocycles. The monoisotopic (exact) mass is 579 g/mol. The Kier molecular flexibility index (Phi) is 11.3. The summed E-state index contributed by atoms with van der Waals surface area (Å²) in [4.78, 5) is 28.9. The molecule has 0 radical (unpaired) electrons. The average molecular weight is 580 g/mol. The van der Waals surface area contributed by atoms with Crippen LogP contribution in [0.15, 0.2) is 77.7 Å². The molecule has 0 unspecified atom stereocenters. The predicted molar refractivity (Wildman–Crippen MR) is 163 cm³/mol. The molecule has 0 aromatic heterocycles. The van der Waals surface area contributed by atoms with E-state index >= 15 is 0 Å². The molecule has 220 valence electrons. The molecule has 8 nitrogen and oxygen atoms in total. The molecule has 0 aliphatic carbocycles. The Balaban J connectivity index is 2.07. The molecule has 2 amide bonds. The van der Waals surface area contributed by atoms with Crippen molar-refractivity contribution in [1.29, 1.82) is 0 Å². The van der Waals surface area contributed by atoms with E-state index in [4.69, 9.17) is 4.74 Å². The Hall–Kier alpha value is -3.85. The maximum atomic E-state index is 14.1. The van der Waals surface area contributed by atoms with Crippen molar-refractivity contribution < 1.29 is 22.7 Å². The lowest BCUT2D eigenvalue weighted by atomic mass is 10.1. The van der Waals surface area contributed by atoms with Gasteiger partial charge in [0.15, 0.2) is 0 Å². The maximum Gasteiger partial charge on any atom is 0.264 e. The van der Waals surface area contributed by atoms with Crippen molar-refractivity contribution in [3.63, 3.8) is 0 Å². The number of hydrogen-bond acceptors (Lipinski definition) is 5. The highest BCUT2D eigenvalue weighted by Gasteiger charge is 2.34. The van der Waals surface area contributed by atoms with Crippen LogP contribution in [0.4, 0.5) is 5.69 Å². The number of methoxy groups -OCH3 is 1. The van der Waals surface area contributed by atoms with Crippen LogP contribution in [0.5, 0.6) is 5.75 Å². The molecule has 3 rings (SSSR count). The van der Waals surface area contributed by atoms with Gasteiger partial charge >= 0.3 is 0 Å². The van der Waals surface area contributed by atoms with E-state index in [-0.39, 0.29) is 23.0 Å². The summed E-state index contributed by atoms with van der Waals surface area (Å²) in [5.41, 5.74) is 2.99. The van der Waals surface area contributed by atoms with Crippen LogP contribution >= 0.6 is 0 Å². The fraction of sp³-hybridized carbons (Fsp3) is 0.375. The summed E-state index contributed by atoms with van der Waals surface area (Å²) in [5, 5.41) is 2.90. The third-order valence-electron chi connectivity index (χ3n) is 6.91. The lowest BCUT2D eigenvalue weighted by molar-refractivity contribution is -0.139. The number of ether oxygens (including phenoxy) is 1. The van der Waals surface area contributed by atoms with Crippen molar-refractivity contribution in [1.82, 2.24) is 10.2 Å². The molecular formula is C32H41N3O5S. The van der Waals surface area contributed by atoms with Gasteiger partial charge in [-0.2, -0.15) is 0 Å². The largest absolute Gasteiger partial charge is 0.495 e. The van der Waals surface area contributed by atoms with Gasteiger partial charge in [0.1, 0.15) is 18.3 Å². The lowest BCUT2D eigenvalue weighted by Crippen LogP contribution is -2.53. The molecule has 3 aromatic carbocycles. The van der Waals surface area contributed by atoms with Crippen LogP contribution in [0.2, 0.25) is 0 Å². The molecule has 0 bridgehead atoms. The summed E-state index contributed by atoms with van der Waals surface area (Å²) in [6.07, 6.45) is 1.66. The molecule has 9 heteroatoms. The zero-order valence-corrected chi connectivity index (χ0v) is 25.4. The molecule has 0 aliphatic heterocycles. The number of rotatable bonds is 14. The Morgan fingerprint density at radius 2 is 1.59 bits per heavy atom. The number of aryl methyl sites for hydroxylation is 2. The van der Waals surface area contributed by atoms with Crippen molar-refractivity contribution in [2.75, 3.05) is 31.0 Å². The summed E-state index contributed by atoms with van der Waals surface area (Å²) in [6.45, 7) is 7.78. The van der Waals surface area contributed by atoms with Crippen LogP contribution in [-0.4, -0.2) is 57.9 Å². The topological polar surface area (TPSA) is 96.0 Å². The molecule has 41 heavy (non-hydrogen) atoms. The highest BCUT2D eigenvalue weighted by Crippen LogP contribution is 2.33. The fourth-order valence-corrected chi connectivity index (χ4v) is 6.02. The second-order valence-corrected chi connectivity index (χ2v) is 11.9. The number of amides is 2. The van der Waals surface area contributed by atoms with Gasteiger partial charge in [-0.3, -0.25) is 13.9 Å². The van der Waals surface area contributed by atoms with Gasteiger partial charge < -0.3 is 15.0 Å². The third-order valence-corrected chi connectivity index (χ3v) is 8.68. The van der Waals surface area contributed by atoms with Gasteiger partial charge in [0.25, 0.3) is 10.0 Å². The number of sulfonamides is 1. The zero-order valence-electron chi connectivity index (χ0n) is 24.6. The molecule has 0 heterocycles. The van der Waals surface area contributed by atoms with E-state index in [1.807, 2.05) is 64.1 Å². The van der Waals surface area contributed by atoms with E-state index in [9.17, 15) is 18.0 Å². The highest BCUT2D eigenvalue weighted by atomic mass is 32.2. The van der Waals surface area contributed by atoms with Crippen LogP contribution in [-0.2, 0) is 26.0 Å². The van der Waals surface area contributed by atoms with Crippen LogP contribution in [0.3, 0.4) is 0 Å². The fourth-order valence-electron chi connectivity index (χ4n) is 4.61. The van der Waals surface area contributed by atoms with E-state index in [1.165, 1.54) is 24.1 Å². The lowest BCUT2D eigenvalue weighted by Gasteiger charge is -2.33. The second kappa shape index (κ2) is 14.7. The quantitative estimate of drug-likeness (QED) is 0.294. The number of hydrogen-bond donors (Lipinski definition) is 1. The van der Waals surface area contributed by atoms with E-state index in [0.29, 0.717) is 25.1 Å². The summed E-state index contributed by atoms with van der Waals surface area (Å²) < 4.78 is 34.8. The van der Waals surface area contributed by atoms with Gasteiger partial charge in [0, 0.05) is 13.1 Å². The van der Waals surface area contributed by atoms with Crippen LogP contribution in [0, 0.1) is 13.8 Å². The molecule has 0 aliphatic rings. The van der Waals surface area contributed by atoms with Gasteiger partial charge in [0.2, 0.25) is 11.8 Å². The highest BCUT2D eigenvalue weighted by molar-refractivity contribution is 7.92. The molecule has 3 aromatic rings. The Bertz CT molecular complexity index is 1410. The molecule has 0 fully saturated rings. The summed E-state index contributed by atoms with van der Waals surface area (Å²) in [6, 6.07) is 20.6. The molecule has 0 saturated carbocycles. The number of carbonyl (C=O) groups is 2. The van der Waals surface area contributed by atoms with Gasteiger partial charge in [0.05, 0.1) is 17.7 Å². The average Bonchev–Trinajstić information content (AvgIpc) is 2.97. The van der Waals surface area contributed by atoms with E-state index in [2.05, 4.69) is 5.32 Å². The normalized spacial score (nSPS) is 11.9. The second-order valence-electron chi connectivity index (χ2n) is 10.0. The van der Waals surface area contributed by atoms with Gasteiger partial charge in [-0.05, 0) is 68.5 Å². The molecular weight excluding hydrogens is 538 g/mol. The number of nitrogens with one attached hydrogen (secondary N) is 1. The number of anilines is 1. The first-order valence-electron chi connectivity index (χ1n) is 14.0. The van der Waals surface area contributed by atoms with Crippen LogP contribution in [0.1, 0.15) is 43.4 Å². The van der Waals surface area contributed by atoms with E-state index in [1.54, 1.807) is 24.3 Å². The minimum Gasteiger partial charge on any atom is -0.495 e. The standard InChI is InChI=1S/C32H41N3O5S/c1-6-20-33-32(37)28(7-2)34(21-19-26-11-9-8-10-12-26)31(36)23-35(29-22-25(4)15-18-30(29)40-5)41(38,39)27-16-13-24(3)14-17-27/h8-18,22,28H,6-7,19-21,23H2,1-5H3,(H,33,37)/t28-/m1/s1. The summed E-state index contributed by atoms with van der Waals surface area (Å²) in [5.74, 6) is -0.404. The number of benzene rings is 3. The Morgan fingerprint density at radius 1 is 0.927 bits per heavy atom. The Morgan fingerprint density at radius 3 is 2.20 bits per heavy atom. The summed E-state index contributed by atoms with van der Waals surface area (Å²) >= 11 is 0. The molecule has 1 N–H and O–H groups in total. The van der Waals surface area contributed by atoms with Crippen molar-refractivity contribution in [2.45, 2.75) is 57.9 Å². The predicted octanol–water partition coefficient (Wildman–Crippen LogP) is 4.88. The first kappa shape index (κ1) is 31.7. The van der Waals surface area contributed by atoms with Gasteiger partial charge in [-0.1, -0.05) is 67.9 Å². The Labute approximate surface area is 244 Å². The number of nitrogens with zero attached hydrogens (tertiary/aromatic N) is 2. The first-order valence-corrected chi connectivity index (χ1v) is 15.4. The zero-order chi connectivity index (χ0) is 30.0. The maximum absolute atomic E-state index is 14.1. The third kappa shape index (κ3) is 8.10.